The number of ether oxygens (including phenoxy) is 3. The van der Waals surface area contributed by atoms with Crippen molar-refractivity contribution in [3.63, 3.8) is 0 Å². The second-order valence-electron chi connectivity index (χ2n) is 6.60. The number of esters is 1. The van der Waals surface area contributed by atoms with Crippen molar-refractivity contribution in [2.24, 2.45) is 10.2 Å². The first-order chi connectivity index (χ1) is 15.5. The Labute approximate surface area is 186 Å². The zero-order chi connectivity index (χ0) is 22.9. The van der Waals surface area contributed by atoms with Crippen LogP contribution in [-0.2, 0) is 4.79 Å². The fourth-order valence-corrected chi connectivity index (χ4v) is 2.93. The quantitative estimate of drug-likeness (QED) is 0.174. The predicted octanol–water partition coefficient (Wildman–Crippen LogP) is 4.34. The molecule has 0 aromatic heterocycles. The lowest BCUT2D eigenvalue weighted by atomic mass is 10.0. The van der Waals surface area contributed by atoms with Gasteiger partial charge in [0.25, 0.3) is 0 Å². The molecule has 0 saturated carbocycles. The Bertz CT molecular complexity index is 1130. The topological polar surface area (TPSA) is 86.6 Å². The maximum absolute atomic E-state index is 13.0. The van der Waals surface area contributed by atoms with E-state index in [9.17, 15) is 9.59 Å². The number of benzene rings is 3. The maximum atomic E-state index is 13.0. The molecular formula is C25H22N2O5. The molecule has 32 heavy (non-hydrogen) atoms. The molecule has 0 N–H and O–H groups in total. The Balaban J connectivity index is 1.99. The molecule has 0 unspecified atom stereocenters. The molecule has 3 rings (SSSR count). The predicted molar refractivity (Wildman–Crippen MR) is 122 cm³/mol. The second-order valence-corrected chi connectivity index (χ2v) is 6.60. The lowest BCUT2D eigenvalue weighted by Crippen LogP contribution is -2.15. The highest BCUT2D eigenvalue weighted by Gasteiger charge is 2.17. The van der Waals surface area contributed by atoms with Gasteiger partial charge in [0.2, 0.25) is 11.5 Å². The van der Waals surface area contributed by atoms with Gasteiger partial charge in [0.1, 0.15) is 5.71 Å². The average Bonchev–Trinajstić information content (AvgIpc) is 2.82. The molecule has 7 heteroatoms. The standard InChI is InChI=1S/C25H22N2O5/c1-17(28)32-25-21(30-2)14-18(15-22(25)31-3)16-26-27-23(19-10-6-4-7-11-19)24(29)20-12-8-5-9-13-20/h4-16H,1-3H3/b26-16+,27-23+. The molecular weight excluding hydrogens is 408 g/mol. The molecule has 7 nitrogen and oxygen atoms in total. The lowest BCUT2D eigenvalue weighted by Gasteiger charge is -2.13. The van der Waals surface area contributed by atoms with Gasteiger partial charge in [0.15, 0.2) is 11.5 Å². The third kappa shape index (κ3) is 5.46. The van der Waals surface area contributed by atoms with E-state index in [0.717, 1.165) is 0 Å². The van der Waals surface area contributed by atoms with Crippen molar-refractivity contribution >= 4 is 23.7 Å². The third-order valence-corrected chi connectivity index (χ3v) is 4.39. The van der Waals surface area contributed by atoms with Crippen LogP contribution >= 0.6 is 0 Å². The Morgan fingerprint density at radius 2 is 1.34 bits per heavy atom. The molecule has 0 radical (unpaired) electrons. The number of rotatable bonds is 8. The van der Waals surface area contributed by atoms with Gasteiger partial charge in [-0.15, -0.1) is 5.10 Å². The summed E-state index contributed by atoms with van der Waals surface area (Å²) in [6.45, 7) is 1.29. The molecule has 0 amide bonds. The summed E-state index contributed by atoms with van der Waals surface area (Å²) in [5, 5.41) is 8.35. The van der Waals surface area contributed by atoms with Crippen LogP contribution in [0.5, 0.6) is 17.2 Å². The van der Waals surface area contributed by atoms with E-state index < -0.39 is 5.97 Å². The number of nitrogens with zero attached hydrogens (tertiary/aromatic N) is 2. The van der Waals surface area contributed by atoms with Gasteiger partial charge < -0.3 is 14.2 Å². The third-order valence-electron chi connectivity index (χ3n) is 4.39. The summed E-state index contributed by atoms with van der Waals surface area (Å²) < 4.78 is 15.8. The Morgan fingerprint density at radius 3 is 1.84 bits per heavy atom. The normalized spacial score (nSPS) is 11.3. The minimum absolute atomic E-state index is 0.174. The summed E-state index contributed by atoms with van der Waals surface area (Å²) in [7, 11) is 2.90. The van der Waals surface area contributed by atoms with E-state index in [0.29, 0.717) is 28.2 Å². The molecule has 0 aliphatic rings. The van der Waals surface area contributed by atoms with Crippen LogP contribution in [0.1, 0.15) is 28.4 Å². The minimum Gasteiger partial charge on any atom is -0.493 e. The smallest absolute Gasteiger partial charge is 0.308 e. The monoisotopic (exact) mass is 430 g/mol. The SMILES string of the molecule is COc1cc(/C=N/N=C(/C(=O)c2ccccc2)c2ccccc2)cc(OC)c1OC(C)=O. The van der Waals surface area contributed by atoms with Crippen molar-refractivity contribution in [2.45, 2.75) is 6.92 Å². The molecule has 3 aromatic rings. The van der Waals surface area contributed by atoms with Crippen LogP contribution in [0, 0.1) is 0 Å². The molecule has 3 aromatic carbocycles. The Hall–Kier alpha value is -4.26. The van der Waals surface area contributed by atoms with Crippen LogP contribution in [0.4, 0.5) is 0 Å². The molecule has 0 saturated heterocycles. The van der Waals surface area contributed by atoms with Gasteiger partial charge in [-0.25, -0.2) is 0 Å². The first-order valence-corrected chi connectivity index (χ1v) is 9.74. The summed E-state index contributed by atoms with van der Waals surface area (Å²) >= 11 is 0. The fourth-order valence-electron chi connectivity index (χ4n) is 2.93. The van der Waals surface area contributed by atoms with Crippen LogP contribution in [0.15, 0.2) is 83.0 Å². The number of carbonyl (C=O) groups is 2. The Morgan fingerprint density at radius 1 is 0.812 bits per heavy atom. The highest BCUT2D eigenvalue weighted by Crippen LogP contribution is 2.38. The van der Waals surface area contributed by atoms with E-state index in [-0.39, 0.29) is 17.2 Å². The van der Waals surface area contributed by atoms with Gasteiger partial charge in [-0.05, 0) is 12.1 Å². The summed E-state index contributed by atoms with van der Waals surface area (Å²) in [6.07, 6.45) is 1.46. The van der Waals surface area contributed by atoms with E-state index in [4.69, 9.17) is 14.2 Å². The highest BCUT2D eigenvalue weighted by atomic mass is 16.6. The lowest BCUT2D eigenvalue weighted by molar-refractivity contribution is -0.132. The number of methoxy groups -OCH3 is 2. The van der Waals surface area contributed by atoms with E-state index >= 15 is 0 Å². The molecule has 0 aliphatic heterocycles. The van der Waals surface area contributed by atoms with Crippen LogP contribution in [0.25, 0.3) is 0 Å². The number of ketones is 1. The van der Waals surface area contributed by atoms with Crippen molar-refractivity contribution < 1.29 is 23.8 Å². The van der Waals surface area contributed by atoms with Crippen molar-refractivity contribution in [3.05, 3.63) is 89.5 Å². The molecule has 0 heterocycles. The number of carbonyl (C=O) groups excluding carboxylic acids is 2. The van der Waals surface area contributed by atoms with Crippen LogP contribution < -0.4 is 14.2 Å². The minimum atomic E-state index is -0.500. The van der Waals surface area contributed by atoms with Crippen LogP contribution in [-0.4, -0.2) is 37.9 Å². The number of hydrogen-bond acceptors (Lipinski definition) is 7. The van der Waals surface area contributed by atoms with Crippen molar-refractivity contribution in [1.29, 1.82) is 0 Å². The molecule has 162 valence electrons. The van der Waals surface area contributed by atoms with Crippen molar-refractivity contribution in [2.75, 3.05) is 14.2 Å². The van der Waals surface area contributed by atoms with E-state index in [1.807, 2.05) is 24.3 Å². The molecule has 0 aliphatic carbocycles. The fraction of sp³-hybridized carbons (Fsp3) is 0.120. The summed E-state index contributed by atoms with van der Waals surface area (Å²) in [6, 6.07) is 21.3. The largest absolute Gasteiger partial charge is 0.493 e. The summed E-state index contributed by atoms with van der Waals surface area (Å²) in [4.78, 5) is 24.4. The zero-order valence-electron chi connectivity index (χ0n) is 17.9. The van der Waals surface area contributed by atoms with Gasteiger partial charge in [0, 0.05) is 23.6 Å². The summed E-state index contributed by atoms with van der Waals surface area (Å²) in [5.74, 6) is 0.0310. The zero-order valence-corrected chi connectivity index (χ0v) is 17.9. The van der Waals surface area contributed by atoms with Crippen LogP contribution in [0.3, 0.4) is 0 Å². The Kier molecular flexibility index (Phi) is 7.48. The van der Waals surface area contributed by atoms with Gasteiger partial charge in [-0.3, -0.25) is 9.59 Å². The van der Waals surface area contributed by atoms with Crippen molar-refractivity contribution in [3.8, 4) is 17.2 Å². The maximum Gasteiger partial charge on any atom is 0.308 e. The van der Waals surface area contributed by atoms with E-state index in [1.54, 1.807) is 48.5 Å². The second kappa shape index (κ2) is 10.7. The van der Waals surface area contributed by atoms with E-state index in [1.165, 1.54) is 27.4 Å². The molecule has 0 spiro atoms. The molecule has 0 atom stereocenters. The first-order valence-electron chi connectivity index (χ1n) is 9.74. The van der Waals surface area contributed by atoms with Gasteiger partial charge in [0.05, 0.1) is 20.4 Å². The number of Topliss-reactive ketones (excluding diaryl/α,β-unsaturated/α-hetero) is 1. The van der Waals surface area contributed by atoms with Crippen LogP contribution in [0.2, 0.25) is 0 Å². The summed E-state index contributed by atoms with van der Waals surface area (Å²) in [5.41, 5.74) is 1.96. The van der Waals surface area contributed by atoms with Crippen molar-refractivity contribution in [1.82, 2.24) is 0 Å². The first kappa shape index (κ1) is 22.4. The molecule has 0 bridgehead atoms. The van der Waals surface area contributed by atoms with Gasteiger partial charge >= 0.3 is 5.97 Å². The van der Waals surface area contributed by atoms with Gasteiger partial charge in [-0.1, -0.05) is 60.7 Å². The molecule has 0 fully saturated rings. The average molecular weight is 430 g/mol. The van der Waals surface area contributed by atoms with Gasteiger partial charge in [-0.2, -0.15) is 5.10 Å². The highest BCUT2D eigenvalue weighted by molar-refractivity contribution is 6.51. The van der Waals surface area contributed by atoms with E-state index in [2.05, 4.69) is 10.2 Å². The number of hydrogen-bond donors (Lipinski definition) is 0.